The third-order valence-corrected chi connectivity index (χ3v) is 5.37. The highest BCUT2D eigenvalue weighted by Gasteiger charge is 2.21. The van der Waals surface area contributed by atoms with Crippen LogP contribution in [-0.2, 0) is 11.3 Å². The van der Waals surface area contributed by atoms with Crippen molar-refractivity contribution in [1.29, 1.82) is 0 Å². The number of nitrogens with zero attached hydrogens (tertiary/aromatic N) is 4. The molecule has 0 saturated carbocycles. The number of aromatic nitrogens is 1. The van der Waals surface area contributed by atoms with Crippen molar-refractivity contribution >= 4 is 34.7 Å². The number of rotatable bonds is 5. The van der Waals surface area contributed by atoms with E-state index in [1.807, 2.05) is 43.6 Å². The fourth-order valence-electron chi connectivity index (χ4n) is 2.75. The highest BCUT2D eigenvalue weighted by Crippen LogP contribution is 2.22. The summed E-state index contributed by atoms with van der Waals surface area (Å²) in [6.45, 7) is 4.63. The van der Waals surface area contributed by atoms with Gasteiger partial charge in [0, 0.05) is 44.3 Å². The fraction of sp³-hybridized carbons (Fsp3) is 0.412. The van der Waals surface area contributed by atoms with Gasteiger partial charge >= 0.3 is 0 Å². The summed E-state index contributed by atoms with van der Waals surface area (Å²) in [5, 5.41) is 0. The van der Waals surface area contributed by atoms with E-state index in [2.05, 4.69) is 14.8 Å². The Balaban J connectivity index is 1.46. The Morgan fingerprint density at radius 3 is 2.67 bits per heavy atom. The lowest BCUT2D eigenvalue weighted by molar-refractivity contribution is -0.131. The molecule has 1 aliphatic heterocycles. The van der Waals surface area contributed by atoms with Gasteiger partial charge in [0.1, 0.15) is 5.82 Å². The topological polar surface area (TPSA) is 39.7 Å². The number of pyridine rings is 1. The number of piperazine rings is 1. The number of carbonyl (C=O) groups is 1. The normalized spacial score (nSPS) is 15.5. The van der Waals surface area contributed by atoms with E-state index >= 15 is 0 Å². The number of carbonyl (C=O) groups excluding carboxylic acids is 1. The van der Waals surface area contributed by atoms with Gasteiger partial charge in [-0.25, -0.2) is 4.98 Å². The van der Waals surface area contributed by atoms with Crippen molar-refractivity contribution < 1.29 is 4.79 Å². The summed E-state index contributed by atoms with van der Waals surface area (Å²) >= 11 is 7.46. The first-order valence-corrected chi connectivity index (χ1v) is 9.18. The van der Waals surface area contributed by atoms with Gasteiger partial charge in [-0.3, -0.25) is 9.69 Å². The summed E-state index contributed by atoms with van der Waals surface area (Å²) in [5.41, 5.74) is 0. The van der Waals surface area contributed by atoms with Gasteiger partial charge in [0.15, 0.2) is 0 Å². The number of likely N-dealkylation sites (N-methyl/N-ethyl adjacent to an activating group) is 1. The molecular weight excluding hydrogens is 344 g/mol. The van der Waals surface area contributed by atoms with E-state index in [0.717, 1.165) is 41.2 Å². The van der Waals surface area contributed by atoms with E-state index in [4.69, 9.17) is 11.6 Å². The van der Waals surface area contributed by atoms with Gasteiger partial charge in [0.2, 0.25) is 5.91 Å². The van der Waals surface area contributed by atoms with Crippen molar-refractivity contribution in [2.24, 2.45) is 0 Å². The minimum Gasteiger partial charge on any atom is -0.354 e. The molecule has 1 amide bonds. The van der Waals surface area contributed by atoms with Gasteiger partial charge < -0.3 is 9.80 Å². The number of hydrogen-bond acceptors (Lipinski definition) is 5. The Labute approximate surface area is 151 Å². The molecule has 1 saturated heterocycles. The molecule has 1 aliphatic rings. The minimum absolute atomic E-state index is 0.144. The largest absolute Gasteiger partial charge is 0.354 e. The van der Waals surface area contributed by atoms with Crippen LogP contribution < -0.4 is 4.90 Å². The third kappa shape index (κ3) is 4.47. The molecule has 0 aromatic carbocycles. The first kappa shape index (κ1) is 17.2. The number of halogens is 1. The summed E-state index contributed by atoms with van der Waals surface area (Å²) in [6, 6.07) is 9.80. The molecule has 24 heavy (non-hydrogen) atoms. The molecule has 3 rings (SSSR count). The van der Waals surface area contributed by atoms with E-state index in [1.54, 1.807) is 4.90 Å². The summed E-state index contributed by atoms with van der Waals surface area (Å²) in [4.78, 5) is 24.1. The van der Waals surface area contributed by atoms with Crippen molar-refractivity contribution in [1.82, 2.24) is 14.8 Å². The molecule has 2 aromatic heterocycles. The molecule has 128 valence electrons. The minimum atomic E-state index is 0.144. The van der Waals surface area contributed by atoms with E-state index in [9.17, 15) is 4.79 Å². The predicted molar refractivity (Wildman–Crippen MR) is 98.7 cm³/mol. The van der Waals surface area contributed by atoms with Crippen LogP contribution in [0.15, 0.2) is 36.5 Å². The van der Waals surface area contributed by atoms with Crippen LogP contribution in [0.4, 0.5) is 5.82 Å². The highest BCUT2D eigenvalue weighted by atomic mass is 35.5. The van der Waals surface area contributed by atoms with Gasteiger partial charge in [0.05, 0.1) is 17.4 Å². The second-order valence-electron chi connectivity index (χ2n) is 5.91. The summed E-state index contributed by atoms with van der Waals surface area (Å²) in [5.74, 6) is 1.15. The Morgan fingerprint density at radius 1 is 1.25 bits per heavy atom. The van der Waals surface area contributed by atoms with Gasteiger partial charge in [-0.15, -0.1) is 11.3 Å². The molecule has 0 bridgehead atoms. The van der Waals surface area contributed by atoms with Crippen molar-refractivity contribution in [2.45, 2.75) is 6.54 Å². The Bertz CT molecular complexity index is 670. The summed E-state index contributed by atoms with van der Waals surface area (Å²) in [7, 11) is 1.85. The Morgan fingerprint density at radius 2 is 2.04 bits per heavy atom. The smallest absolute Gasteiger partial charge is 0.236 e. The molecule has 5 nitrogen and oxygen atoms in total. The Hall–Kier alpha value is -1.63. The van der Waals surface area contributed by atoms with Crippen molar-refractivity contribution in [3.05, 3.63) is 45.7 Å². The van der Waals surface area contributed by atoms with E-state index in [0.29, 0.717) is 13.1 Å². The maximum atomic E-state index is 12.4. The number of anilines is 1. The summed E-state index contributed by atoms with van der Waals surface area (Å²) < 4.78 is 0.761. The number of hydrogen-bond donors (Lipinski definition) is 0. The van der Waals surface area contributed by atoms with Crippen molar-refractivity contribution in [2.75, 3.05) is 44.7 Å². The SMILES string of the molecule is CN(Cc1ccc(Cl)s1)C(=O)CN1CCN(c2ccccn2)CC1. The number of amides is 1. The molecule has 0 spiro atoms. The highest BCUT2D eigenvalue weighted by molar-refractivity contribution is 7.16. The molecule has 3 heterocycles. The van der Waals surface area contributed by atoms with Gasteiger partial charge in [-0.05, 0) is 24.3 Å². The first-order chi connectivity index (χ1) is 11.6. The van der Waals surface area contributed by atoms with Crippen LogP contribution >= 0.6 is 22.9 Å². The molecule has 0 radical (unpaired) electrons. The maximum Gasteiger partial charge on any atom is 0.236 e. The van der Waals surface area contributed by atoms with Crippen LogP contribution in [0.2, 0.25) is 4.34 Å². The second-order valence-corrected chi connectivity index (χ2v) is 7.71. The molecule has 0 aliphatic carbocycles. The lowest BCUT2D eigenvalue weighted by Crippen LogP contribution is -2.49. The standard InChI is InChI=1S/C17H21ClN4OS/c1-20(12-14-5-6-15(18)24-14)17(23)13-21-8-10-22(11-9-21)16-4-2-3-7-19-16/h2-7H,8-13H2,1H3. The number of thiophene rings is 1. The molecule has 0 unspecified atom stereocenters. The van der Waals surface area contributed by atoms with Crippen LogP contribution in [0.1, 0.15) is 4.88 Å². The lowest BCUT2D eigenvalue weighted by Gasteiger charge is -2.35. The van der Waals surface area contributed by atoms with Gasteiger partial charge in [0.25, 0.3) is 0 Å². The van der Waals surface area contributed by atoms with Crippen LogP contribution in [0.3, 0.4) is 0 Å². The van der Waals surface area contributed by atoms with Crippen LogP contribution in [-0.4, -0.2) is 60.5 Å². The zero-order chi connectivity index (χ0) is 16.9. The van der Waals surface area contributed by atoms with Crippen LogP contribution in [0, 0.1) is 0 Å². The lowest BCUT2D eigenvalue weighted by atomic mass is 10.3. The summed E-state index contributed by atoms with van der Waals surface area (Å²) in [6.07, 6.45) is 1.82. The molecule has 7 heteroatoms. The Kier molecular flexibility index (Phi) is 5.71. The quantitative estimate of drug-likeness (QED) is 0.817. The predicted octanol–water partition coefficient (Wildman–Crippen LogP) is 2.58. The molecule has 0 N–H and O–H groups in total. The van der Waals surface area contributed by atoms with Gasteiger partial charge in [-0.1, -0.05) is 17.7 Å². The van der Waals surface area contributed by atoms with Gasteiger partial charge in [-0.2, -0.15) is 0 Å². The van der Waals surface area contributed by atoms with Crippen molar-refractivity contribution in [3.63, 3.8) is 0 Å². The average molecular weight is 365 g/mol. The van der Waals surface area contributed by atoms with Crippen LogP contribution in [0.25, 0.3) is 0 Å². The fourth-order valence-corrected chi connectivity index (χ4v) is 3.89. The van der Waals surface area contributed by atoms with Crippen LogP contribution in [0.5, 0.6) is 0 Å². The maximum absolute atomic E-state index is 12.4. The third-order valence-electron chi connectivity index (χ3n) is 4.15. The van der Waals surface area contributed by atoms with Crippen molar-refractivity contribution in [3.8, 4) is 0 Å². The molecular formula is C17H21ClN4OS. The molecule has 1 fully saturated rings. The van der Waals surface area contributed by atoms with E-state index < -0.39 is 0 Å². The zero-order valence-corrected chi connectivity index (χ0v) is 15.3. The van der Waals surface area contributed by atoms with E-state index in [-0.39, 0.29) is 5.91 Å². The average Bonchev–Trinajstić information content (AvgIpc) is 3.01. The molecule has 2 aromatic rings. The monoisotopic (exact) mass is 364 g/mol. The second kappa shape index (κ2) is 7.96. The van der Waals surface area contributed by atoms with E-state index in [1.165, 1.54) is 11.3 Å². The first-order valence-electron chi connectivity index (χ1n) is 7.98. The zero-order valence-electron chi connectivity index (χ0n) is 13.7. The molecule has 0 atom stereocenters.